The number of aliphatic hydroxyl groups is 1. The lowest BCUT2D eigenvalue weighted by atomic mass is 9.94. The van der Waals surface area contributed by atoms with Crippen LogP contribution in [-0.4, -0.2) is 51.5 Å². The van der Waals surface area contributed by atoms with Crippen molar-refractivity contribution in [1.82, 2.24) is 19.7 Å². The molecule has 5 nitrogen and oxygen atoms in total. The van der Waals surface area contributed by atoms with Crippen molar-refractivity contribution in [2.45, 2.75) is 38.6 Å². The summed E-state index contributed by atoms with van der Waals surface area (Å²) in [5.41, 5.74) is 0. The molecule has 3 heterocycles. The van der Waals surface area contributed by atoms with Crippen LogP contribution in [0.15, 0.2) is 0 Å². The summed E-state index contributed by atoms with van der Waals surface area (Å²) in [6.07, 6.45) is 5.64. The number of nitrogens with zero attached hydrogens (tertiary/aromatic N) is 4. The zero-order valence-electron chi connectivity index (χ0n) is 11.8. The Kier molecular flexibility index (Phi) is 3.84. The first-order valence-corrected chi connectivity index (χ1v) is 7.46. The lowest BCUT2D eigenvalue weighted by Gasteiger charge is -2.30. The fourth-order valence-electron chi connectivity index (χ4n) is 3.45. The van der Waals surface area contributed by atoms with E-state index >= 15 is 0 Å². The van der Waals surface area contributed by atoms with Crippen molar-refractivity contribution in [2.24, 2.45) is 11.8 Å². The molecule has 0 bridgehead atoms. The molecule has 1 aromatic heterocycles. The minimum absolute atomic E-state index is 0.281. The van der Waals surface area contributed by atoms with Crippen molar-refractivity contribution in [1.29, 1.82) is 0 Å². The first-order valence-electron chi connectivity index (χ1n) is 7.46. The van der Waals surface area contributed by atoms with E-state index in [-0.39, 0.29) is 6.61 Å². The van der Waals surface area contributed by atoms with Crippen LogP contribution in [0.3, 0.4) is 0 Å². The summed E-state index contributed by atoms with van der Waals surface area (Å²) in [5, 5.41) is 18.1. The number of piperidine rings is 1. The smallest absolute Gasteiger partial charge is 0.133 e. The highest BCUT2D eigenvalue weighted by Gasteiger charge is 2.25. The van der Waals surface area contributed by atoms with Gasteiger partial charge >= 0.3 is 0 Å². The molecule has 2 unspecified atom stereocenters. The number of aliphatic hydroxyl groups excluding tert-OH is 1. The summed E-state index contributed by atoms with van der Waals surface area (Å²) < 4.78 is 2.26. The van der Waals surface area contributed by atoms with Gasteiger partial charge in [0.1, 0.15) is 11.6 Å². The van der Waals surface area contributed by atoms with Crippen molar-refractivity contribution in [3.05, 3.63) is 11.6 Å². The molecule has 0 spiro atoms. The first kappa shape index (κ1) is 13.1. The van der Waals surface area contributed by atoms with E-state index in [1.807, 2.05) is 0 Å². The van der Waals surface area contributed by atoms with Crippen molar-refractivity contribution >= 4 is 0 Å². The average Bonchev–Trinajstić information content (AvgIpc) is 2.81. The zero-order valence-corrected chi connectivity index (χ0v) is 11.8. The molecule has 0 saturated carbocycles. The number of aromatic nitrogens is 3. The van der Waals surface area contributed by atoms with Crippen LogP contribution in [0.1, 0.15) is 30.9 Å². The number of likely N-dealkylation sites (tertiary alicyclic amines) is 1. The SMILES string of the molecule is CN1CCCC(Cc2nnc3n2CC(CO)CC3)C1. The van der Waals surface area contributed by atoms with Crippen LogP contribution < -0.4 is 0 Å². The monoisotopic (exact) mass is 264 g/mol. The van der Waals surface area contributed by atoms with Crippen LogP contribution in [0.5, 0.6) is 0 Å². The highest BCUT2D eigenvalue weighted by Crippen LogP contribution is 2.23. The Labute approximate surface area is 114 Å². The number of fused-ring (bicyclic) bond motifs is 1. The van der Waals surface area contributed by atoms with Crippen LogP contribution in [0.2, 0.25) is 0 Å². The molecule has 1 aromatic rings. The summed E-state index contributed by atoms with van der Waals surface area (Å²) >= 11 is 0. The van der Waals surface area contributed by atoms with E-state index in [0.29, 0.717) is 11.8 Å². The standard InChI is InChI=1S/C14H24N4O/c1-17-6-2-3-11(8-17)7-14-16-15-13-5-4-12(10-19)9-18(13)14/h11-12,19H,2-10H2,1H3. The van der Waals surface area contributed by atoms with Gasteiger partial charge in [-0.25, -0.2) is 0 Å². The normalized spacial score (nSPS) is 28.3. The second-order valence-electron chi connectivity index (χ2n) is 6.20. The molecule has 1 N–H and O–H groups in total. The van der Waals surface area contributed by atoms with E-state index in [1.54, 1.807) is 0 Å². The average molecular weight is 264 g/mol. The second kappa shape index (κ2) is 5.59. The summed E-state index contributed by atoms with van der Waals surface area (Å²) in [6, 6.07) is 0. The van der Waals surface area contributed by atoms with Gasteiger partial charge in [-0.15, -0.1) is 10.2 Å². The van der Waals surface area contributed by atoms with E-state index in [0.717, 1.165) is 37.5 Å². The topological polar surface area (TPSA) is 54.2 Å². The Morgan fingerprint density at radius 1 is 1.21 bits per heavy atom. The number of hydrogen-bond donors (Lipinski definition) is 1. The third-order valence-corrected chi connectivity index (χ3v) is 4.57. The third-order valence-electron chi connectivity index (χ3n) is 4.57. The third kappa shape index (κ3) is 2.82. The lowest BCUT2D eigenvalue weighted by molar-refractivity contribution is 0.185. The van der Waals surface area contributed by atoms with Crippen LogP contribution in [0.25, 0.3) is 0 Å². The Hall–Kier alpha value is -0.940. The maximum absolute atomic E-state index is 9.34. The van der Waals surface area contributed by atoms with Gasteiger partial charge < -0.3 is 14.6 Å². The molecule has 1 fully saturated rings. The molecule has 2 aliphatic rings. The van der Waals surface area contributed by atoms with Crippen molar-refractivity contribution in [3.63, 3.8) is 0 Å². The summed E-state index contributed by atoms with van der Waals surface area (Å²) in [4.78, 5) is 2.41. The molecule has 2 aliphatic heterocycles. The fourth-order valence-corrected chi connectivity index (χ4v) is 3.45. The predicted octanol–water partition coefficient (Wildman–Crippen LogP) is 0.717. The second-order valence-corrected chi connectivity index (χ2v) is 6.20. The van der Waals surface area contributed by atoms with E-state index in [1.165, 1.54) is 25.9 Å². The van der Waals surface area contributed by atoms with Gasteiger partial charge in [-0.2, -0.15) is 0 Å². The van der Waals surface area contributed by atoms with Gasteiger partial charge in [0.05, 0.1) is 0 Å². The quantitative estimate of drug-likeness (QED) is 0.874. The zero-order chi connectivity index (χ0) is 13.2. The first-order chi connectivity index (χ1) is 9.26. The van der Waals surface area contributed by atoms with Crippen LogP contribution in [-0.2, 0) is 19.4 Å². The molecule has 0 aliphatic carbocycles. The molecule has 1 saturated heterocycles. The Morgan fingerprint density at radius 3 is 2.89 bits per heavy atom. The van der Waals surface area contributed by atoms with Gasteiger partial charge in [0.25, 0.3) is 0 Å². The van der Waals surface area contributed by atoms with Crippen LogP contribution >= 0.6 is 0 Å². The Bertz CT molecular complexity index is 431. The highest BCUT2D eigenvalue weighted by molar-refractivity contribution is 5.01. The summed E-state index contributed by atoms with van der Waals surface area (Å²) in [7, 11) is 2.20. The largest absolute Gasteiger partial charge is 0.396 e. The van der Waals surface area contributed by atoms with Gasteiger partial charge in [-0.3, -0.25) is 0 Å². The van der Waals surface area contributed by atoms with Gasteiger partial charge in [0.2, 0.25) is 0 Å². The van der Waals surface area contributed by atoms with Crippen molar-refractivity contribution < 1.29 is 5.11 Å². The number of aryl methyl sites for hydroxylation is 1. The maximum atomic E-state index is 9.34. The number of rotatable bonds is 3. The molecule has 2 atom stereocenters. The molecule has 5 heteroatoms. The highest BCUT2D eigenvalue weighted by atomic mass is 16.3. The fraction of sp³-hybridized carbons (Fsp3) is 0.857. The minimum Gasteiger partial charge on any atom is -0.396 e. The van der Waals surface area contributed by atoms with Crippen molar-refractivity contribution in [2.75, 3.05) is 26.7 Å². The Balaban J connectivity index is 1.70. The molecular formula is C14H24N4O. The summed E-state index contributed by atoms with van der Waals surface area (Å²) in [5.74, 6) is 3.34. The van der Waals surface area contributed by atoms with E-state index < -0.39 is 0 Å². The molecule has 106 valence electrons. The predicted molar refractivity (Wildman–Crippen MR) is 72.8 cm³/mol. The molecule has 19 heavy (non-hydrogen) atoms. The van der Waals surface area contributed by atoms with E-state index in [4.69, 9.17) is 0 Å². The minimum atomic E-state index is 0.281. The lowest BCUT2D eigenvalue weighted by Crippen LogP contribution is -2.34. The van der Waals surface area contributed by atoms with Crippen molar-refractivity contribution in [3.8, 4) is 0 Å². The van der Waals surface area contributed by atoms with Gasteiger partial charge in [-0.1, -0.05) is 0 Å². The van der Waals surface area contributed by atoms with Gasteiger partial charge in [0.15, 0.2) is 0 Å². The Morgan fingerprint density at radius 2 is 2.11 bits per heavy atom. The molecular weight excluding hydrogens is 240 g/mol. The summed E-state index contributed by atoms with van der Waals surface area (Å²) in [6.45, 7) is 3.58. The molecule has 0 aromatic carbocycles. The van der Waals surface area contributed by atoms with Gasteiger partial charge in [-0.05, 0) is 38.8 Å². The molecule has 3 rings (SSSR count). The van der Waals surface area contributed by atoms with Gasteiger partial charge in [0, 0.05) is 38.5 Å². The van der Waals surface area contributed by atoms with Crippen LogP contribution in [0, 0.1) is 11.8 Å². The molecule has 0 radical (unpaired) electrons. The molecule has 0 amide bonds. The van der Waals surface area contributed by atoms with E-state index in [2.05, 4.69) is 26.7 Å². The number of hydrogen-bond acceptors (Lipinski definition) is 4. The van der Waals surface area contributed by atoms with E-state index in [9.17, 15) is 5.11 Å². The maximum Gasteiger partial charge on any atom is 0.133 e. The van der Waals surface area contributed by atoms with Crippen LogP contribution in [0.4, 0.5) is 0 Å².